The number of carbonyl (C=O) groups excluding carboxylic acids is 1. The van der Waals surface area contributed by atoms with Gasteiger partial charge in [0.05, 0.1) is 22.6 Å². The summed E-state index contributed by atoms with van der Waals surface area (Å²) >= 11 is 10.3. The Morgan fingerprint density at radius 3 is 3.00 bits per heavy atom. The number of thioether (sulfide) groups is 1. The van der Waals surface area contributed by atoms with Crippen molar-refractivity contribution in [1.82, 2.24) is 5.32 Å². The van der Waals surface area contributed by atoms with Crippen LogP contribution in [0, 0.1) is 0 Å². The number of hydrogen-bond acceptors (Lipinski definition) is 5. The molecule has 1 amide bonds. The van der Waals surface area contributed by atoms with Crippen LogP contribution in [0.5, 0.6) is 5.75 Å². The van der Waals surface area contributed by atoms with E-state index in [0.717, 1.165) is 0 Å². The van der Waals surface area contributed by atoms with Gasteiger partial charge in [0.15, 0.2) is 5.17 Å². The summed E-state index contributed by atoms with van der Waals surface area (Å²) in [6.07, 6.45) is 1.36. The van der Waals surface area contributed by atoms with E-state index in [9.17, 15) is 9.90 Å². The maximum atomic E-state index is 10.9. The Hall–Kier alpha value is -1.05. The van der Waals surface area contributed by atoms with Gasteiger partial charge in [-0.25, -0.2) is 0 Å². The van der Waals surface area contributed by atoms with Crippen molar-refractivity contribution in [1.29, 1.82) is 0 Å². The highest BCUT2D eigenvalue weighted by Gasteiger charge is 2.16. The van der Waals surface area contributed by atoms with Gasteiger partial charge < -0.3 is 10.4 Å². The molecule has 1 aromatic rings. The molecule has 18 heavy (non-hydrogen) atoms. The molecule has 0 radical (unpaired) electrons. The Bertz CT molecular complexity index is 562. The molecule has 0 aromatic heterocycles. The highest BCUT2D eigenvalue weighted by molar-refractivity contribution is 9.10. The van der Waals surface area contributed by atoms with E-state index >= 15 is 0 Å². The first kappa shape index (κ1) is 13.4. The Labute approximate surface area is 120 Å². The van der Waals surface area contributed by atoms with Crippen molar-refractivity contribution in [2.45, 2.75) is 0 Å². The first-order valence-corrected chi connectivity index (χ1v) is 6.94. The van der Waals surface area contributed by atoms with Crippen molar-refractivity contribution in [3.63, 3.8) is 0 Å². The van der Waals surface area contributed by atoms with E-state index in [1.807, 2.05) is 0 Å². The molecule has 1 aliphatic rings. The number of aromatic hydroxyl groups is 1. The molecule has 1 fully saturated rings. The lowest BCUT2D eigenvalue weighted by Crippen LogP contribution is -2.19. The number of phenols is 1. The van der Waals surface area contributed by atoms with Crippen molar-refractivity contribution in [3.8, 4) is 5.75 Å². The average Bonchev–Trinajstić information content (AvgIpc) is 2.74. The number of halogens is 2. The third-order valence-electron chi connectivity index (χ3n) is 2.04. The molecule has 1 aliphatic heterocycles. The first-order valence-electron chi connectivity index (χ1n) is 4.78. The van der Waals surface area contributed by atoms with E-state index in [2.05, 4.69) is 31.4 Å². The van der Waals surface area contributed by atoms with Crippen LogP contribution in [0.25, 0.3) is 0 Å². The minimum atomic E-state index is -0.0965. The number of amidine groups is 1. The van der Waals surface area contributed by atoms with Gasteiger partial charge in [0.25, 0.3) is 0 Å². The number of amides is 1. The zero-order valence-corrected chi connectivity index (χ0v) is 12.0. The van der Waals surface area contributed by atoms with Crippen LogP contribution in [-0.4, -0.2) is 28.1 Å². The summed E-state index contributed by atoms with van der Waals surface area (Å²) in [5, 5.41) is 20.6. The molecule has 2 rings (SSSR count). The summed E-state index contributed by atoms with van der Waals surface area (Å²) in [6.45, 7) is 0. The molecule has 0 aliphatic carbocycles. The standard InChI is InChI=1S/C10H7BrClN3O2S/c11-6-1-2-7(12)9(17)5(6)3-13-15-10-14-8(16)4-18-10/h1-3,17H,4H2,(H,14,15,16). The number of benzene rings is 1. The normalized spacial score (nSPS) is 17.7. The molecule has 8 heteroatoms. The van der Waals surface area contributed by atoms with E-state index in [1.165, 1.54) is 18.0 Å². The van der Waals surface area contributed by atoms with Crippen LogP contribution in [-0.2, 0) is 4.79 Å². The third-order valence-corrected chi connectivity index (χ3v) is 3.90. The van der Waals surface area contributed by atoms with Crippen molar-refractivity contribution < 1.29 is 9.90 Å². The summed E-state index contributed by atoms with van der Waals surface area (Å²) in [7, 11) is 0. The molecule has 5 nitrogen and oxygen atoms in total. The van der Waals surface area contributed by atoms with E-state index in [-0.39, 0.29) is 16.7 Å². The van der Waals surface area contributed by atoms with E-state index < -0.39 is 0 Å². The lowest BCUT2D eigenvalue weighted by Gasteiger charge is -2.02. The van der Waals surface area contributed by atoms with Crippen molar-refractivity contribution in [2.75, 3.05) is 5.75 Å². The largest absolute Gasteiger partial charge is 0.506 e. The minimum absolute atomic E-state index is 0.0712. The molecule has 0 bridgehead atoms. The summed E-state index contributed by atoms with van der Waals surface area (Å²) in [4.78, 5) is 10.9. The highest BCUT2D eigenvalue weighted by Crippen LogP contribution is 2.31. The van der Waals surface area contributed by atoms with Gasteiger partial charge in [-0.15, -0.1) is 5.10 Å². The lowest BCUT2D eigenvalue weighted by atomic mass is 10.2. The average molecular weight is 349 g/mol. The van der Waals surface area contributed by atoms with Gasteiger partial charge >= 0.3 is 0 Å². The van der Waals surface area contributed by atoms with Gasteiger partial charge in [0.2, 0.25) is 5.91 Å². The molecular weight excluding hydrogens is 342 g/mol. The SMILES string of the molecule is O=C1CSC(=NN=Cc2c(Br)ccc(Cl)c2O)N1. The van der Waals surface area contributed by atoms with Crippen LogP contribution < -0.4 is 5.32 Å². The van der Waals surface area contributed by atoms with Gasteiger partial charge in [0.1, 0.15) is 5.75 Å². The predicted molar refractivity (Wildman–Crippen MR) is 76.4 cm³/mol. The quantitative estimate of drug-likeness (QED) is 0.636. The summed E-state index contributed by atoms with van der Waals surface area (Å²) < 4.78 is 0.650. The Morgan fingerprint density at radius 2 is 2.33 bits per heavy atom. The molecule has 1 aromatic carbocycles. The number of carbonyl (C=O) groups is 1. The lowest BCUT2D eigenvalue weighted by molar-refractivity contribution is -0.116. The Balaban J connectivity index is 2.19. The molecule has 1 saturated heterocycles. The monoisotopic (exact) mass is 347 g/mol. The third kappa shape index (κ3) is 3.04. The van der Waals surface area contributed by atoms with Crippen LogP contribution in [0.15, 0.2) is 26.8 Å². The summed E-state index contributed by atoms with van der Waals surface area (Å²) in [5.74, 6) is 0.180. The van der Waals surface area contributed by atoms with Crippen LogP contribution >= 0.6 is 39.3 Å². The molecule has 94 valence electrons. The fourth-order valence-electron chi connectivity index (χ4n) is 1.20. The number of rotatable bonds is 2. The van der Waals surface area contributed by atoms with E-state index in [0.29, 0.717) is 21.0 Å². The van der Waals surface area contributed by atoms with Gasteiger partial charge in [0, 0.05) is 4.47 Å². The van der Waals surface area contributed by atoms with E-state index in [4.69, 9.17) is 11.6 Å². The fourth-order valence-corrected chi connectivity index (χ4v) is 2.42. The zero-order chi connectivity index (χ0) is 13.1. The molecule has 0 saturated carbocycles. The summed E-state index contributed by atoms with van der Waals surface area (Å²) in [6, 6.07) is 3.26. The second kappa shape index (κ2) is 5.73. The van der Waals surface area contributed by atoms with Gasteiger partial charge in [-0.3, -0.25) is 4.79 Å². The van der Waals surface area contributed by atoms with Gasteiger partial charge in [-0.05, 0) is 28.1 Å². The van der Waals surface area contributed by atoms with Crippen LogP contribution in [0.3, 0.4) is 0 Å². The Morgan fingerprint density at radius 1 is 1.56 bits per heavy atom. The number of phenolic OH excluding ortho intramolecular Hbond substituents is 1. The topological polar surface area (TPSA) is 74.0 Å². The predicted octanol–water partition coefficient (Wildman–Crippen LogP) is 2.36. The molecule has 2 N–H and O–H groups in total. The molecule has 1 heterocycles. The second-order valence-corrected chi connectivity index (χ2v) is 5.50. The second-order valence-electron chi connectivity index (χ2n) is 3.28. The first-order chi connectivity index (χ1) is 8.58. The van der Waals surface area contributed by atoms with Crippen LogP contribution in [0.1, 0.15) is 5.56 Å². The van der Waals surface area contributed by atoms with Crippen LogP contribution in [0.4, 0.5) is 0 Å². The van der Waals surface area contributed by atoms with Gasteiger partial charge in [-0.1, -0.05) is 23.4 Å². The van der Waals surface area contributed by atoms with Gasteiger partial charge in [-0.2, -0.15) is 5.10 Å². The number of nitrogens with one attached hydrogen (secondary N) is 1. The van der Waals surface area contributed by atoms with Crippen molar-refractivity contribution >= 4 is 56.6 Å². The van der Waals surface area contributed by atoms with E-state index in [1.54, 1.807) is 12.1 Å². The van der Waals surface area contributed by atoms with Crippen molar-refractivity contribution in [3.05, 3.63) is 27.2 Å². The number of nitrogens with zero attached hydrogens (tertiary/aromatic N) is 2. The molecule has 0 spiro atoms. The maximum absolute atomic E-state index is 10.9. The maximum Gasteiger partial charge on any atom is 0.236 e. The molecule has 0 unspecified atom stereocenters. The minimum Gasteiger partial charge on any atom is -0.506 e. The molecule has 0 atom stereocenters. The van der Waals surface area contributed by atoms with Crippen LogP contribution in [0.2, 0.25) is 5.02 Å². The van der Waals surface area contributed by atoms with Crippen molar-refractivity contribution in [2.24, 2.45) is 10.2 Å². The fraction of sp³-hybridized carbons (Fsp3) is 0.100. The number of hydrogen-bond donors (Lipinski definition) is 2. The zero-order valence-electron chi connectivity index (χ0n) is 8.85. The Kier molecular flexibility index (Phi) is 4.26. The smallest absolute Gasteiger partial charge is 0.236 e. The highest BCUT2D eigenvalue weighted by atomic mass is 79.9. The molecular formula is C10H7BrClN3O2S. The summed E-state index contributed by atoms with van der Waals surface area (Å²) in [5.41, 5.74) is 0.432.